The van der Waals surface area contributed by atoms with Crippen molar-refractivity contribution in [3.63, 3.8) is 0 Å². The summed E-state index contributed by atoms with van der Waals surface area (Å²) in [4.78, 5) is 11.8. The Morgan fingerprint density at radius 1 is 1.40 bits per heavy atom. The molecule has 1 aliphatic rings. The molecule has 15 heavy (non-hydrogen) atoms. The lowest BCUT2D eigenvalue weighted by atomic mass is 9.95. The molecule has 0 saturated carbocycles. The second-order valence-corrected chi connectivity index (χ2v) is 5.56. The molecule has 0 aromatic rings. The van der Waals surface area contributed by atoms with Crippen LogP contribution in [0.1, 0.15) is 33.6 Å². The molecule has 0 aromatic heterocycles. The van der Waals surface area contributed by atoms with Crippen LogP contribution in [0.4, 0.5) is 0 Å². The third-order valence-electron chi connectivity index (χ3n) is 2.43. The minimum atomic E-state index is -0.423. The van der Waals surface area contributed by atoms with E-state index in [-0.39, 0.29) is 17.4 Å². The predicted octanol–water partition coefficient (Wildman–Crippen LogP) is 1.94. The van der Waals surface area contributed by atoms with Crippen molar-refractivity contribution in [3.8, 4) is 0 Å². The van der Waals surface area contributed by atoms with Gasteiger partial charge in [0.25, 0.3) is 0 Å². The summed E-state index contributed by atoms with van der Waals surface area (Å²) >= 11 is 6.15. The van der Waals surface area contributed by atoms with Gasteiger partial charge in [-0.25, -0.2) is 0 Å². The highest BCUT2D eigenvalue weighted by Gasteiger charge is 2.29. The smallest absolute Gasteiger partial charge is 0.238 e. The number of amides is 1. The van der Waals surface area contributed by atoms with Gasteiger partial charge in [0.1, 0.15) is 5.38 Å². The quantitative estimate of drug-likeness (QED) is 0.741. The zero-order valence-electron chi connectivity index (χ0n) is 9.68. The summed E-state index contributed by atoms with van der Waals surface area (Å²) < 4.78 is 5.24. The molecule has 88 valence electrons. The molecule has 1 aliphatic heterocycles. The van der Waals surface area contributed by atoms with Gasteiger partial charge < -0.3 is 10.1 Å². The molecule has 1 rings (SSSR count). The highest BCUT2D eigenvalue weighted by Crippen LogP contribution is 2.23. The number of halogens is 1. The van der Waals surface area contributed by atoms with Gasteiger partial charge in [-0.3, -0.25) is 4.79 Å². The summed E-state index contributed by atoms with van der Waals surface area (Å²) in [5.41, 5.74) is -0.213. The lowest BCUT2D eigenvalue weighted by Gasteiger charge is -2.28. The second kappa shape index (κ2) is 5.17. The Morgan fingerprint density at radius 3 is 2.40 bits per heavy atom. The fourth-order valence-electron chi connectivity index (χ4n) is 1.66. The van der Waals surface area contributed by atoms with Crippen LogP contribution in [-0.4, -0.2) is 30.0 Å². The number of carbonyl (C=O) groups is 1. The monoisotopic (exact) mass is 233 g/mol. The van der Waals surface area contributed by atoms with E-state index in [0.29, 0.717) is 0 Å². The molecule has 0 spiro atoms. The first kappa shape index (κ1) is 12.8. The normalized spacial score (nSPS) is 21.1. The first-order chi connectivity index (χ1) is 6.90. The zero-order valence-corrected chi connectivity index (χ0v) is 10.4. The molecule has 4 heteroatoms. The molecule has 1 atom stereocenters. The van der Waals surface area contributed by atoms with Gasteiger partial charge in [-0.1, -0.05) is 0 Å². The predicted molar refractivity (Wildman–Crippen MR) is 61.1 cm³/mol. The van der Waals surface area contributed by atoms with Crippen molar-refractivity contribution in [3.05, 3.63) is 0 Å². The van der Waals surface area contributed by atoms with Crippen molar-refractivity contribution in [2.24, 2.45) is 5.92 Å². The van der Waals surface area contributed by atoms with Crippen LogP contribution in [0.5, 0.6) is 0 Å². The van der Waals surface area contributed by atoms with Crippen LogP contribution in [0.25, 0.3) is 0 Å². The van der Waals surface area contributed by atoms with Crippen LogP contribution in [0.15, 0.2) is 0 Å². The van der Waals surface area contributed by atoms with E-state index < -0.39 is 5.38 Å². The van der Waals surface area contributed by atoms with Crippen LogP contribution in [0.3, 0.4) is 0 Å². The van der Waals surface area contributed by atoms with E-state index in [2.05, 4.69) is 5.32 Å². The van der Waals surface area contributed by atoms with Crippen LogP contribution < -0.4 is 5.32 Å². The molecule has 3 nitrogen and oxygen atoms in total. The number of ether oxygens (including phenoxy) is 1. The van der Waals surface area contributed by atoms with E-state index in [0.717, 1.165) is 26.1 Å². The van der Waals surface area contributed by atoms with Crippen molar-refractivity contribution in [2.45, 2.75) is 44.5 Å². The average Bonchev–Trinajstić information content (AvgIpc) is 2.15. The lowest BCUT2D eigenvalue weighted by Crippen LogP contribution is -2.47. The van der Waals surface area contributed by atoms with E-state index in [1.165, 1.54) is 0 Å². The van der Waals surface area contributed by atoms with E-state index >= 15 is 0 Å². The van der Waals surface area contributed by atoms with Crippen molar-refractivity contribution in [1.29, 1.82) is 0 Å². The minimum Gasteiger partial charge on any atom is -0.381 e. The minimum absolute atomic E-state index is 0.0592. The first-order valence-corrected chi connectivity index (χ1v) is 5.87. The van der Waals surface area contributed by atoms with Crippen molar-refractivity contribution >= 4 is 17.5 Å². The summed E-state index contributed by atoms with van der Waals surface area (Å²) in [5.74, 6) is 0.193. The van der Waals surface area contributed by atoms with Gasteiger partial charge in [0, 0.05) is 18.8 Å². The van der Waals surface area contributed by atoms with Gasteiger partial charge in [-0.05, 0) is 39.5 Å². The molecule has 1 fully saturated rings. The Labute approximate surface area is 96.5 Å². The Balaban J connectivity index is 2.44. The maximum atomic E-state index is 11.8. The van der Waals surface area contributed by atoms with E-state index in [9.17, 15) is 4.79 Å². The number of alkyl halides is 1. The summed E-state index contributed by atoms with van der Waals surface area (Å²) in [6.07, 6.45) is 1.76. The van der Waals surface area contributed by atoms with E-state index in [1.807, 2.05) is 20.8 Å². The number of rotatable bonds is 2. The van der Waals surface area contributed by atoms with Gasteiger partial charge >= 0.3 is 0 Å². The fourth-order valence-corrected chi connectivity index (χ4v) is 1.97. The molecule has 0 aliphatic carbocycles. The van der Waals surface area contributed by atoms with E-state index in [1.54, 1.807) is 0 Å². The zero-order chi connectivity index (χ0) is 11.5. The summed E-state index contributed by atoms with van der Waals surface area (Å²) in [7, 11) is 0. The maximum absolute atomic E-state index is 11.8. The van der Waals surface area contributed by atoms with Crippen LogP contribution in [-0.2, 0) is 9.53 Å². The van der Waals surface area contributed by atoms with Gasteiger partial charge in [-0.2, -0.15) is 0 Å². The molecule has 1 N–H and O–H groups in total. The topological polar surface area (TPSA) is 38.3 Å². The Hall–Kier alpha value is -0.280. The van der Waals surface area contributed by atoms with Gasteiger partial charge in [0.05, 0.1) is 0 Å². The van der Waals surface area contributed by atoms with Crippen molar-refractivity contribution < 1.29 is 9.53 Å². The molecule has 0 bridgehead atoms. The summed E-state index contributed by atoms with van der Waals surface area (Å²) in [6, 6.07) is 0. The Kier molecular flexibility index (Phi) is 4.41. The molecule has 1 unspecified atom stereocenters. The van der Waals surface area contributed by atoms with Gasteiger partial charge in [-0.15, -0.1) is 11.6 Å². The molecular weight excluding hydrogens is 214 g/mol. The van der Waals surface area contributed by atoms with Crippen LogP contribution >= 0.6 is 11.6 Å². The third-order valence-corrected chi connectivity index (χ3v) is 2.98. The number of hydrogen-bond acceptors (Lipinski definition) is 2. The van der Waals surface area contributed by atoms with Crippen LogP contribution in [0, 0.1) is 5.92 Å². The standard InChI is InChI=1S/C11H20ClNO2/c1-11(2,3)13-10(14)9(12)8-4-6-15-7-5-8/h8-9H,4-7H2,1-3H3,(H,13,14). The van der Waals surface area contributed by atoms with E-state index in [4.69, 9.17) is 16.3 Å². The summed E-state index contributed by atoms with van der Waals surface area (Å²) in [5, 5.41) is 2.48. The molecule has 0 aromatic carbocycles. The average molecular weight is 234 g/mol. The maximum Gasteiger partial charge on any atom is 0.238 e. The number of carbonyl (C=O) groups excluding carboxylic acids is 1. The van der Waals surface area contributed by atoms with Crippen molar-refractivity contribution in [2.75, 3.05) is 13.2 Å². The van der Waals surface area contributed by atoms with Crippen LogP contribution in [0.2, 0.25) is 0 Å². The largest absolute Gasteiger partial charge is 0.381 e. The number of hydrogen-bond donors (Lipinski definition) is 1. The molecular formula is C11H20ClNO2. The number of nitrogens with one attached hydrogen (secondary N) is 1. The molecule has 0 radical (unpaired) electrons. The second-order valence-electron chi connectivity index (χ2n) is 5.09. The third kappa shape index (κ3) is 4.39. The Morgan fingerprint density at radius 2 is 1.93 bits per heavy atom. The molecule has 1 saturated heterocycles. The van der Waals surface area contributed by atoms with Gasteiger partial charge in [0.15, 0.2) is 0 Å². The SMILES string of the molecule is CC(C)(C)NC(=O)C(Cl)C1CCOCC1. The highest BCUT2D eigenvalue weighted by atomic mass is 35.5. The molecule has 1 heterocycles. The fraction of sp³-hybridized carbons (Fsp3) is 0.909. The highest BCUT2D eigenvalue weighted by molar-refractivity contribution is 6.31. The lowest BCUT2D eigenvalue weighted by molar-refractivity contribution is -0.123. The van der Waals surface area contributed by atoms with Gasteiger partial charge in [0.2, 0.25) is 5.91 Å². The molecule has 1 amide bonds. The summed E-state index contributed by atoms with van der Waals surface area (Å²) in [6.45, 7) is 7.31. The Bertz CT molecular complexity index is 219. The van der Waals surface area contributed by atoms with Crippen molar-refractivity contribution in [1.82, 2.24) is 5.32 Å². The first-order valence-electron chi connectivity index (χ1n) is 5.44.